The smallest absolute Gasteiger partial charge is 0.0846 e. The fourth-order valence-electron chi connectivity index (χ4n) is 6.11. The lowest BCUT2D eigenvalue weighted by Gasteiger charge is -2.62. The van der Waals surface area contributed by atoms with Crippen LogP contribution in [0.1, 0.15) is 57.1 Å². The van der Waals surface area contributed by atoms with Gasteiger partial charge in [0.25, 0.3) is 0 Å². The van der Waals surface area contributed by atoms with Gasteiger partial charge in [-0.15, -0.1) is 0 Å². The standard InChI is InChI=1S/C18H24O/c1-17-8-13-7-14(9-17)11-18(10-13,12-17)16(19)15-5-3-2-4-6-15/h2-6,13-14,16,19H,7-12H2,1H3. The minimum Gasteiger partial charge on any atom is -0.388 e. The molecular formula is C18H24O. The molecule has 4 aliphatic rings. The third-order valence-electron chi connectivity index (χ3n) is 6.09. The predicted molar refractivity (Wildman–Crippen MR) is 76.6 cm³/mol. The summed E-state index contributed by atoms with van der Waals surface area (Å²) in [7, 11) is 0. The molecule has 0 amide bonds. The molecule has 4 fully saturated rings. The molecule has 102 valence electrons. The van der Waals surface area contributed by atoms with E-state index in [9.17, 15) is 5.11 Å². The molecule has 0 saturated heterocycles. The molecule has 3 atom stereocenters. The highest BCUT2D eigenvalue weighted by Crippen LogP contribution is 2.68. The molecule has 1 N–H and O–H groups in total. The second-order valence-electron chi connectivity index (χ2n) is 7.95. The van der Waals surface area contributed by atoms with Gasteiger partial charge in [0.15, 0.2) is 0 Å². The topological polar surface area (TPSA) is 20.2 Å². The molecule has 1 nitrogen and oxygen atoms in total. The van der Waals surface area contributed by atoms with Crippen molar-refractivity contribution >= 4 is 0 Å². The lowest BCUT2D eigenvalue weighted by Crippen LogP contribution is -2.53. The van der Waals surface area contributed by atoms with Gasteiger partial charge in [-0.2, -0.15) is 0 Å². The first-order valence-electron chi connectivity index (χ1n) is 7.82. The summed E-state index contributed by atoms with van der Waals surface area (Å²) in [4.78, 5) is 0. The molecule has 4 aliphatic carbocycles. The predicted octanol–water partition coefficient (Wildman–Crippen LogP) is 4.33. The van der Waals surface area contributed by atoms with Crippen LogP contribution in [0.2, 0.25) is 0 Å². The maximum absolute atomic E-state index is 11.0. The van der Waals surface area contributed by atoms with Gasteiger partial charge in [-0.05, 0) is 61.3 Å². The van der Waals surface area contributed by atoms with Crippen LogP contribution >= 0.6 is 0 Å². The lowest BCUT2D eigenvalue weighted by molar-refractivity contribution is -0.155. The molecule has 0 aromatic heterocycles. The van der Waals surface area contributed by atoms with Crippen LogP contribution in [0.5, 0.6) is 0 Å². The van der Waals surface area contributed by atoms with Crippen LogP contribution < -0.4 is 0 Å². The summed E-state index contributed by atoms with van der Waals surface area (Å²) in [5.74, 6) is 1.76. The van der Waals surface area contributed by atoms with Gasteiger partial charge in [-0.25, -0.2) is 0 Å². The Morgan fingerprint density at radius 3 is 2.26 bits per heavy atom. The van der Waals surface area contributed by atoms with Crippen LogP contribution in [0.3, 0.4) is 0 Å². The zero-order chi connectivity index (χ0) is 13.1. The van der Waals surface area contributed by atoms with E-state index in [-0.39, 0.29) is 11.5 Å². The van der Waals surface area contributed by atoms with Crippen LogP contribution in [-0.2, 0) is 0 Å². The molecule has 4 saturated carbocycles. The number of aliphatic hydroxyl groups excluding tert-OH is 1. The van der Waals surface area contributed by atoms with Crippen LogP contribution in [0.15, 0.2) is 30.3 Å². The zero-order valence-electron chi connectivity index (χ0n) is 11.8. The van der Waals surface area contributed by atoms with Crippen molar-refractivity contribution in [3.8, 4) is 0 Å². The Balaban J connectivity index is 1.70. The highest BCUT2D eigenvalue weighted by atomic mass is 16.3. The normalized spacial score (nSPS) is 45.4. The number of rotatable bonds is 2. The minimum atomic E-state index is -0.251. The van der Waals surface area contributed by atoms with E-state index in [1.807, 2.05) is 6.07 Å². The molecular weight excluding hydrogens is 232 g/mol. The Hall–Kier alpha value is -0.820. The van der Waals surface area contributed by atoms with Crippen molar-refractivity contribution in [2.75, 3.05) is 0 Å². The van der Waals surface area contributed by atoms with Crippen LogP contribution in [0.4, 0.5) is 0 Å². The number of aliphatic hydroxyl groups is 1. The third-order valence-corrected chi connectivity index (χ3v) is 6.09. The summed E-state index contributed by atoms with van der Waals surface area (Å²) >= 11 is 0. The molecule has 19 heavy (non-hydrogen) atoms. The van der Waals surface area contributed by atoms with Gasteiger partial charge in [-0.3, -0.25) is 0 Å². The molecule has 1 aromatic carbocycles. The first-order valence-corrected chi connectivity index (χ1v) is 7.82. The van der Waals surface area contributed by atoms with Gasteiger partial charge in [0, 0.05) is 5.41 Å². The SMILES string of the molecule is CC12CC3CC(C1)CC(C(O)c1ccccc1)(C3)C2. The minimum absolute atomic E-state index is 0.181. The summed E-state index contributed by atoms with van der Waals surface area (Å²) in [6.45, 7) is 2.47. The average molecular weight is 256 g/mol. The summed E-state index contributed by atoms with van der Waals surface area (Å²) in [6.07, 6.45) is 7.75. The van der Waals surface area contributed by atoms with E-state index in [4.69, 9.17) is 0 Å². The molecule has 0 aliphatic heterocycles. The summed E-state index contributed by atoms with van der Waals surface area (Å²) < 4.78 is 0. The summed E-state index contributed by atoms with van der Waals surface area (Å²) in [6, 6.07) is 10.4. The maximum atomic E-state index is 11.0. The second kappa shape index (κ2) is 3.85. The molecule has 0 heterocycles. The Morgan fingerprint density at radius 1 is 1.05 bits per heavy atom. The Morgan fingerprint density at radius 2 is 1.68 bits per heavy atom. The maximum Gasteiger partial charge on any atom is 0.0846 e. The highest BCUT2D eigenvalue weighted by molar-refractivity contribution is 5.22. The summed E-state index contributed by atoms with van der Waals surface area (Å²) in [5, 5.41) is 11.0. The Bertz CT molecular complexity index is 464. The first-order chi connectivity index (χ1) is 9.09. The van der Waals surface area contributed by atoms with Gasteiger partial charge in [0.1, 0.15) is 0 Å². The quantitative estimate of drug-likeness (QED) is 0.835. The van der Waals surface area contributed by atoms with Crippen molar-refractivity contribution in [3.63, 3.8) is 0 Å². The monoisotopic (exact) mass is 256 g/mol. The summed E-state index contributed by atoms with van der Waals surface area (Å²) in [5.41, 5.74) is 1.83. The lowest BCUT2D eigenvalue weighted by atomic mass is 9.43. The van der Waals surface area contributed by atoms with E-state index in [0.717, 1.165) is 17.4 Å². The van der Waals surface area contributed by atoms with Crippen LogP contribution in [0.25, 0.3) is 0 Å². The number of hydrogen-bond donors (Lipinski definition) is 1. The Labute approximate surface area is 116 Å². The van der Waals surface area contributed by atoms with Crippen molar-refractivity contribution in [2.45, 2.75) is 51.6 Å². The van der Waals surface area contributed by atoms with Crippen LogP contribution in [0, 0.1) is 22.7 Å². The van der Waals surface area contributed by atoms with Gasteiger partial charge in [0.05, 0.1) is 6.10 Å². The fraction of sp³-hybridized carbons (Fsp3) is 0.667. The number of hydrogen-bond acceptors (Lipinski definition) is 1. The Kier molecular flexibility index (Phi) is 2.42. The molecule has 0 radical (unpaired) electrons. The second-order valence-corrected chi connectivity index (χ2v) is 7.95. The fourth-order valence-corrected chi connectivity index (χ4v) is 6.11. The first kappa shape index (κ1) is 12.0. The average Bonchev–Trinajstić information content (AvgIpc) is 2.36. The largest absolute Gasteiger partial charge is 0.388 e. The van der Waals surface area contributed by atoms with E-state index in [1.165, 1.54) is 38.5 Å². The molecule has 1 aromatic rings. The van der Waals surface area contributed by atoms with Crippen molar-refractivity contribution < 1.29 is 5.11 Å². The molecule has 0 spiro atoms. The van der Waals surface area contributed by atoms with Crippen LogP contribution in [-0.4, -0.2) is 5.11 Å². The van der Waals surface area contributed by atoms with Gasteiger partial charge < -0.3 is 5.11 Å². The van der Waals surface area contributed by atoms with E-state index >= 15 is 0 Å². The number of benzene rings is 1. The molecule has 3 unspecified atom stereocenters. The van der Waals surface area contributed by atoms with Gasteiger partial charge in [-0.1, -0.05) is 37.3 Å². The van der Waals surface area contributed by atoms with Gasteiger partial charge >= 0.3 is 0 Å². The van der Waals surface area contributed by atoms with Crippen molar-refractivity contribution in [1.82, 2.24) is 0 Å². The zero-order valence-corrected chi connectivity index (χ0v) is 11.8. The van der Waals surface area contributed by atoms with Crippen molar-refractivity contribution in [2.24, 2.45) is 22.7 Å². The third kappa shape index (κ3) is 1.78. The van der Waals surface area contributed by atoms with E-state index in [0.29, 0.717) is 5.41 Å². The molecule has 1 heteroatoms. The van der Waals surface area contributed by atoms with Gasteiger partial charge in [0.2, 0.25) is 0 Å². The van der Waals surface area contributed by atoms with E-state index in [1.54, 1.807) is 0 Å². The highest BCUT2D eigenvalue weighted by Gasteiger charge is 2.58. The van der Waals surface area contributed by atoms with Crippen molar-refractivity contribution in [1.29, 1.82) is 0 Å². The molecule has 5 rings (SSSR count). The van der Waals surface area contributed by atoms with Crippen molar-refractivity contribution in [3.05, 3.63) is 35.9 Å². The van der Waals surface area contributed by atoms with E-state index < -0.39 is 0 Å². The van der Waals surface area contributed by atoms with E-state index in [2.05, 4.69) is 31.2 Å². The molecule has 4 bridgehead atoms.